The van der Waals surface area contributed by atoms with Crippen LogP contribution >= 0.6 is 0 Å². The molecule has 5 rings (SSSR count). The Morgan fingerprint density at radius 2 is 1.85 bits per heavy atom. The van der Waals surface area contributed by atoms with Crippen LogP contribution in [0, 0.1) is 5.92 Å². The molecule has 2 amide bonds. The first-order valence-electron chi connectivity index (χ1n) is 11.9. The first-order chi connectivity index (χ1) is 15.8. The number of piperidine rings is 2. The average Bonchev–Trinajstić information content (AvgIpc) is 3.07. The van der Waals surface area contributed by atoms with E-state index in [1.54, 1.807) is 29.4 Å². The van der Waals surface area contributed by atoms with Gasteiger partial charge in [0.2, 0.25) is 10.0 Å². The van der Waals surface area contributed by atoms with E-state index < -0.39 is 16.1 Å². The lowest BCUT2D eigenvalue weighted by Crippen LogP contribution is -2.53. The Morgan fingerprint density at radius 1 is 1.15 bits per heavy atom. The number of ether oxygens (including phenoxy) is 1. The van der Waals surface area contributed by atoms with Crippen LogP contribution in [0.4, 0.5) is 5.69 Å². The molecule has 1 aromatic rings. The predicted molar refractivity (Wildman–Crippen MR) is 124 cm³/mol. The van der Waals surface area contributed by atoms with Gasteiger partial charge in [-0.15, -0.1) is 0 Å². The third kappa shape index (κ3) is 4.61. The number of nitrogens with zero attached hydrogens (tertiary/aromatic N) is 1. The minimum absolute atomic E-state index is 0.0431. The number of hydrogen-bond acceptors (Lipinski definition) is 6. The van der Waals surface area contributed by atoms with Crippen LogP contribution in [0.15, 0.2) is 18.2 Å². The van der Waals surface area contributed by atoms with Gasteiger partial charge in [0.05, 0.1) is 11.4 Å². The molecule has 1 aromatic carbocycles. The van der Waals surface area contributed by atoms with Crippen molar-refractivity contribution < 1.29 is 22.7 Å². The lowest BCUT2D eigenvalue weighted by atomic mass is 9.99. The molecule has 33 heavy (non-hydrogen) atoms. The second-order valence-corrected chi connectivity index (χ2v) is 11.7. The molecule has 3 N–H and O–H groups in total. The highest BCUT2D eigenvalue weighted by molar-refractivity contribution is 7.89. The van der Waals surface area contributed by atoms with Crippen LogP contribution in [-0.4, -0.2) is 67.6 Å². The van der Waals surface area contributed by atoms with Crippen molar-refractivity contribution in [2.75, 3.05) is 24.2 Å². The van der Waals surface area contributed by atoms with Gasteiger partial charge in [-0.25, -0.2) is 8.42 Å². The molecular formula is C23H32N4O5S. The van der Waals surface area contributed by atoms with Crippen LogP contribution in [-0.2, 0) is 14.8 Å². The maximum atomic E-state index is 13.2. The molecule has 3 fully saturated rings. The van der Waals surface area contributed by atoms with Crippen molar-refractivity contribution in [3.63, 3.8) is 0 Å². The summed E-state index contributed by atoms with van der Waals surface area (Å²) in [5.74, 6) is 0.546. The number of sulfonamides is 1. The van der Waals surface area contributed by atoms with Crippen molar-refractivity contribution in [2.45, 2.75) is 69.7 Å². The molecule has 180 valence electrons. The number of amides is 2. The van der Waals surface area contributed by atoms with Crippen molar-refractivity contribution in [3.05, 3.63) is 23.8 Å². The van der Waals surface area contributed by atoms with Gasteiger partial charge in [-0.1, -0.05) is 0 Å². The molecule has 9 nitrogen and oxygen atoms in total. The molecule has 4 heterocycles. The number of carbonyl (C=O) groups is 2. The van der Waals surface area contributed by atoms with Crippen LogP contribution < -0.4 is 20.7 Å². The van der Waals surface area contributed by atoms with Gasteiger partial charge in [-0.2, -0.15) is 4.31 Å². The topological polar surface area (TPSA) is 117 Å². The van der Waals surface area contributed by atoms with Gasteiger partial charge in [0.15, 0.2) is 6.10 Å². The number of nitrogens with one attached hydrogen (secondary N) is 3. The van der Waals surface area contributed by atoms with E-state index in [0.29, 0.717) is 29.8 Å². The number of fused-ring (bicyclic) bond motifs is 3. The van der Waals surface area contributed by atoms with Gasteiger partial charge in [0.25, 0.3) is 11.8 Å². The molecule has 2 bridgehead atoms. The second kappa shape index (κ2) is 8.88. The minimum Gasteiger partial charge on any atom is -0.479 e. The fraction of sp³-hybridized carbons (Fsp3) is 0.652. The Balaban J connectivity index is 1.22. The molecule has 0 saturated carbocycles. The second-order valence-electron chi connectivity index (χ2n) is 9.79. The summed E-state index contributed by atoms with van der Waals surface area (Å²) < 4.78 is 33.8. The van der Waals surface area contributed by atoms with E-state index in [1.165, 1.54) is 0 Å². The lowest BCUT2D eigenvalue weighted by molar-refractivity contribution is -0.122. The molecule has 2 unspecified atom stereocenters. The molecule has 0 radical (unpaired) electrons. The van der Waals surface area contributed by atoms with E-state index in [0.717, 1.165) is 38.8 Å². The molecular weight excluding hydrogens is 444 g/mol. The quantitative estimate of drug-likeness (QED) is 0.593. The van der Waals surface area contributed by atoms with E-state index >= 15 is 0 Å². The first kappa shape index (κ1) is 22.6. The maximum absolute atomic E-state index is 13.2. The number of rotatable bonds is 5. The summed E-state index contributed by atoms with van der Waals surface area (Å²) in [5, 5.41) is 9.15. The molecule has 10 heteroatoms. The zero-order valence-electron chi connectivity index (χ0n) is 18.9. The highest BCUT2D eigenvalue weighted by atomic mass is 32.2. The van der Waals surface area contributed by atoms with Gasteiger partial charge in [0.1, 0.15) is 5.75 Å². The minimum atomic E-state index is -3.30. The average molecular weight is 477 g/mol. The summed E-state index contributed by atoms with van der Waals surface area (Å²) in [6.45, 7) is 3.45. The molecule has 0 aliphatic carbocycles. The van der Waals surface area contributed by atoms with Gasteiger partial charge in [-0.05, 0) is 82.7 Å². The van der Waals surface area contributed by atoms with Crippen molar-refractivity contribution in [1.29, 1.82) is 0 Å². The Bertz CT molecular complexity index is 1030. The summed E-state index contributed by atoms with van der Waals surface area (Å²) in [4.78, 5) is 24.8. The summed E-state index contributed by atoms with van der Waals surface area (Å²) in [6.07, 6.45) is 4.22. The zero-order chi connectivity index (χ0) is 23.2. The van der Waals surface area contributed by atoms with E-state index in [4.69, 9.17) is 4.74 Å². The third-order valence-electron chi connectivity index (χ3n) is 7.40. The first-order valence-corrected chi connectivity index (χ1v) is 13.6. The highest BCUT2D eigenvalue weighted by Gasteiger charge is 2.47. The van der Waals surface area contributed by atoms with Crippen LogP contribution in [0.25, 0.3) is 0 Å². The standard InChI is InChI=1S/C23H32N4O5S/c1-14-22(28)26-20-10-16(2-5-21(20)32-14)23(29)25-17-11-18-3-4-19(12-17)27(18)33(30,31)13-15-6-8-24-9-7-15/h2,5,10,14-15,17-19,24H,3-4,6-9,11-13H2,1H3,(H,25,29)(H,26,28)/t14?,17?,18-,19+. The third-order valence-corrected chi connectivity index (χ3v) is 9.53. The summed E-state index contributed by atoms with van der Waals surface area (Å²) in [5.41, 5.74) is 0.935. The van der Waals surface area contributed by atoms with Crippen molar-refractivity contribution >= 4 is 27.5 Å². The van der Waals surface area contributed by atoms with Crippen molar-refractivity contribution in [1.82, 2.24) is 14.9 Å². The molecule has 0 spiro atoms. The van der Waals surface area contributed by atoms with Gasteiger partial charge < -0.3 is 20.7 Å². The van der Waals surface area contributed by atoms with Gasteiger partial charge in [-0.3, -0.25) is 9.59 Å². The molecule has 4 aliphatic rings. The van der Waals surface area contributed by atoms with E-state index in [9.17, 15) is 18.0 Å². The van der Waals surface area contributed by atoms with Crippen LogP contribution in [0.3, 0.4) is 0 Å². The molecule has 3 saturated heterocycles. The van der Waals surface area contributed by atoms with Crippen molar-refractivity contribution in [2.24, 2.45) is 5.92 Å². The Kier molecular flexibility index (Phi) is 6.09. The SMILES string of the molecule is CC1Oc2ccc(C(=O)NC3C[C@H]4CC[C@@H](C3)N4S(=O)(=O)CC3CCNCC3)cc2NC1=O. The fourth-order valence-electron chi connectivity index (χ4n) is 5.76. The fourth-order valence-corrected chi connectivity index (χ4v) is 8.15. The monoisotopic (exact) mass is 476 g/mol. The van der Waals surface area contributed by atoms with Gasteiger partial charge >= 0.3 is 0 Å². The molecule has 0 aromatic heterocycles. The summed E-state index contributed by atoms with van der Waals surface area (Å²) in [7, 11) is -3.30. The van der Waals surface area contributed by atoms with E-state index in [-0.39, 0.29) is 41.6 Å². The summed E-state index contributed by atoms with van der Waals surface area (Å²) in [6, 6.07) is 4.85. The highest BCUT2D eigenvalue weighted by Crippen LogP contribution is 2.39. The van der Waals surface area contributed by atoms with Crippen molar-refractivity contribution in [3.8, 4) is 5.75 Å². The van der Waals surface area contributed by atoms with E-state index in [2.05, 4.69) is 16.0 Å². The normalized spacial score (nSPS) is 30.3. The van der Waals surface area contributed by atoms with Crippen LogP contribution in [0.5, 0.6) is 5.75 Å². The number of anilines is 1. The predicted octanol–water partition coefficient (Wildman–Crippen LogP) is 1.46. The zero-order valence-corrected chi connectivity index (χ0v) is 19.7. The van der Waals surface area contributed by atoms with Crippen LogP contribution in [0.1, 0.15) is 55.8 Å². The summed E-state index contributed by atoms with van der Waals surface area (Å²) >= 11 is 0. The van der Waals surface area contributed by atoms with Gasteiger partial charge in [0, 0.05) is 23.7 Å². The Hall–Kier alpha value is -2.17. The largest absolute Gasteiger partial charge is 0.479 e. The molecule has 4 atom stereocenters. The smallest absolute Gasteiger partial charge is 0.265 e. The maximum Gasteiger partial charge on any atom is 0.265 e. The number of hydrogen-bond donors (Lipinski definition) is 3. The lowest BCUT2D eigenvalue weighted by Gasteiger charge is -2.39. The molecule has 4 aliphatic heterocycles. The Morgan fingerprint density at radius 3 is 2.55 bits per heavy atom. The van der Waals surface area contributed by atoms with E-state index in [1.807, 2.05) is 0 Å². The Labute approximate surface area is 194 Å². The number of benzene rings is 1. The number of carbonyl (C=O) groups excluding carboxylic acids is 2. The van der Waals surface area contributed by atoms with Crippen LogP contribution in [0.2, 0.25) is 0 Å².